The van der Waals surface area contributed by atoms with Crippen molar-refractivity contribution < 1.29 is 19.8 Å². The van der Waals surface area contributed by atoms with Crippen LogP contribution >= 0.6 is 0 Å². The minimum Gasteiger partial charge on any atom is -0.480 e. The molecular formula is C12H22N2O4. The number of aliphatic hydroxyl groups is 1. The minimum atomic E-state index is -1.24. The Bertz CT molecular complexity index is 296. The molecule has 0 aromatic heterocycles. The van der Waals surface area contributed by atoms with Crippen molar-refractivity contribution >= 4 is 12.0 Å². The number of carboxylic acid groups (broad SMARTS) is 1. The van der Waals surface area contributed by atoms with Gasteiger partial charge in [-0.15, -0.1) is 0 Å². The molecule has 0 heterocycles. The van der Waals surface area contributed by atoms with Crippen LogP contribution in [0.3, 0.4) is 0 Å². The monoisotopic (exact) mass is 258 g/mol. The Morgan fingerprint density at radius 2 is 2.00 bits per heavy atom. The van der Waals surface area contributed by atoms with Gasteiger partial charge in [-0.25, -0.2) is 9.59 Å². The molecule has 4 N–H and O–H groups in total. The average molecular weight is 258 g/mol. The largest absolute Gasteiger partial charge is 0.480 e. The van der Waals surface area contributed by atoms with Crippen LogP contribution in [0.15, 0.2) is 0 Å². The van der Waals surface area contributed by atoms with Crippen LogP contribution in [0.5, 0.6) is 0 Å². The summed E-state index contributed by atoms with van der Waals surface area (Å²) in [5.74, 6) is -0.550. The first-order valence-electron chi connectivity index (χ1n) is 6.43. The van der Waals surface area contributed by atoms with Crippen LogP contribution in [-0.2, 0) is 4.79 Å². The quantitative estimate of drug-likeness (QED) is 0.558. The second-order valence-electron chi connectivity index (χ2n) is 5.00. The zero-order valence-corrected chi connectivity index (χ0v) is 10.7. The van der Waals surface area contributed by atoms with Crippen molar-refractivity contribution in [3.8, 4) is 0 Å². The number of carbonyl (C=O) groups is 2. The van der Waals surface area contributed by atoms with E-state index in [9.17, 15) is 9.59 Å². The lowest BCUT2D eigenvalue weighted by Gasteiger charge is -2.19. The van der Waals surface area contributed by atoms with Gasteiger partial charge < -0.3 is 20.8 Å². The van der Waals surface area contributed by atoms with E-state index in [4.69, 9.17) is 10.2 Å². The van der Waals surface area contributed by atoms with E-state index < -0.39 is 24.6 Å². The summed E-state index contributed by atoms with van der Waals surface area (Å²) in [7, 11) is 0. The molecule has 0 bridgehead atoms. The van der Waals surface area contributed by atoms with E-state index in [1.165, 1.54) is 6.42 Å². The van der Waals surface area contributed by atoms with Crippen molar-refractivity contribution in [2.45, 2.75) is 51.1 Å². The highest BCUT2D eigenvalue weighted by Gasteiger charge is 2.22. The SMILES string of the molecule is CC1CCCC(NC(=O)N[C@@H](CO)C(=O)O)CC1. The summed E-state index contributed by atoms with van der Waals surface area (Å²) in [4.78, 5) is 22.2. The smallest absolute Gasteiger partial charge is 0.328 e. The van der Waals surface area contributed by atoms with Crippen LogP contribution < -0.4 is 10.6 Å². The van der Waals surface area contributed by atoms with Crippen molar-refractivity contribution in [1.82, 2.24) is 10.6 Å². The second kappa shape index (κ2) is 7.20. The van der Waals surface area contributed by atoms with Crippen molar-refractivity contribution in [3.63, 3.8) is 0 Å². The number of rotatable bonds is 4. The van der Waals surface area contributed by atoms with Gasteiger partial charge >= 0.3 is 12.0 Å². The molecule has 1 saturated carbocycles. The Hall–Kier alpha value is -1.30. The molecule has 1 aliphatic carbocycles. The topological polar surface area (TPSA) is 98.7 Å². The molecular weight excluding hydrogens is 236 g/mol. The molecule has 0 saturated heterocycles. The van der Waals surface area contributed by atoms with Crippen molar-refractivity contribution in [2.75, 3.05) is 6.61 Å². The number of urea groups is 1. The molecule has 6 heteroatoms. The van der Waals surface area contributed by atoms with Crippen LogP contribution in [0.4, 0.5) is 4.79 Å². The van der Waals surface area contributed by atoms with Gasteiger partial charge in [-0.3, -0.25) is 0 Å². The van der Waals surface area contributed by atoms with Gasteiger partial charge in [0.2, 0.25) is 0 Å². The molecule has 2 unspecified atom stereocenters. The van der Waals surface area contributed by atoms with Gasteiger partial charge in [-0.2, -0.15) is 0 Å². The fourth-order valence-electron chi connectivity index (χ4n) is 2.20. The van der Waals surface area contributed by atoms with Crippen molar-refractivity contribution in [1.29, 1.82) is 0 Å². The zero-order valence-electron chi connectivity index (χ0n) is 10.7. The number of nitrogens with one attached hydrogen (secondary N) is 2. The summed E-state index contributed by atoms with van der Waals surface area (Å²) < 4.78 is 0. The minimum absolute atomic E-state index is 0.100. The van der Waals surface area contributed by atoms with E-state index in [2.05, 4.69) is 17.6 Å². The number of aliphatic carboxylic acids is 1. The van der Waals surface area contributed by atoms with Crippen LogP contribution in [0.25, 0.3) is 0 Å². The van der Waals surface area contributed by atoms with Crippen LogP contribution in [0.1, 0.15) is 39.0 Å². The number of amides is 2. The maximum Gasteiger partial charge on any atom is 0.328 e. The van der Waals surface area contributed by atoms with Crippen LogP contribution in [0.2, 0.25) is 0 Å². The second-order valence-corrected chi connectivity index (χ2v) is 5.00. The molecule has 1 aliphatic rings. The molecule has 104 valence electrons. The van der Waals surface area contributed by atoms with Crippen LogP contribution in [0, 0.1) is 5.92 Å². The normalized spacial score (nSPS) is 25.9. The lowest BCUT2D eigenvalue weighted by molar-refractivity contribution is -0.140. The van der Waals surface area contributed by atoms with E-state index in [0.29, 0.717) is 5.92 Å². The molecule has 0 spiro atoms. The van der Waals surface area contributed by atoms with Gasteiger partial charge in [0, 0.05) is 6.04 Å². The molecule has 18 heavy (non-hydrogen) atoms. The van der Waals surface area contributed by atoms with E-state index in [1.54, 1.807) is 0 Å². The lowest BCUT2D eigenvalue weighted by atomic mass is 10.0. The molecule has 2 amide bonds. The first-order valence-corrected chi connectivity index (χ1v) is 6.43. The standard InChI is InChI=1S/C12H22N2O4/c1-8-3-2-4-9(6-5-8)13-12(18)14-10(7-15)11(16)17/h8-10,15H,2-7H2,1H3,(H,16,17)(H2,13,14,18)/t8?,9?,10-/m0/s1. The molecule has 0 radical (unpaired) electrons. The van der Waals surface area contributed by atoms with Gasteiger partial charge in [-0.1, -0.05) is 19.8 Å². The number of hydrogen-bond acceptors (Lipinski definition) is 3. The fraction of sp³-hybridized carbons (Fsp3) is 0.833. The highest BCUT2D eigenvalue weighted by atomic mass is 16.4. The average Bonchev–Trinajstić information content (AvgIpc) is 2.51. The Kier molecular flexibility index (Phi) is 5.91. The van der Waals surface area contributed by atoms with Gasteiger partial charge in [0.1, 0.15) is 0 Å². The summed E-state index contributed by atoms with van der Waals surface area (Å²) in [6.07, 6.45) is 5.18. The molecule has 1 rings (SSSR count). The first-order chi connectivity index (χ1) is 8.52. The highest BCUT2D eigenvalue weighted by Crippen LogP contribution is 2.22. The number of carboxylic acids is 1. The van der Waals surface area contributed by atoms with E-state index in [1.807, 2.05) is 0 Å². The van der Waals surface area contributed by atoms with Crippen molar-refractivity contribution in [2.24, 2.45) is 5.92 Å². The molecule has 6 nitrogen and oxygen atoms in total. The third-order valence-electron chi connectivity index (χ3n) is 3.38. The third-order valence-corrected chi connectivity index (χ3v) is 3.38. The molecule has 0 aromatic rings. The summed E-state index contributed by atoms with van der Waals surface area (Å²) in [6.45, 7) is 1.60. The third kappa shape index (κ3) is 4.91. The molecule has 0 aliphatic heterocycles. The molecule has 3 atom stereocenters. The predicted octanol–water partition coefficient (Wildman–Crippen LogP) is 0.700. The summed E-state index contributed by atoms with van der Waals surface area (Å²) in [5.41, 5.74) is 0. The van der Waals surface area contributed by atoms with E-state index in [-0.39, 0.29) is 6.04 Å². The highest BCUT2D eigenvalue weighted by molar-refractivity contribution is 5.82. The van der Waals surface area contributed by atoms with Crippen LogP contribution in [-0.4, -0.2) is 40.9 Å². The fourth-order valence-corrected chi connectivity index (χ4v) is 2.20. The van der Waals surface area contributed by atoms with Gasteiger partial charge in [0.15, 0.2) is 6.04 Å². The summed E-state index contributed by atoms with van der Waals surface area (Å²) in [6, 6.07) is -1.66. The van der Waals surface area contributed by atoms with Gasteiger partial charge in [0.25, 0.3) is 0 Å². The van der Waals surface area contributed by atoms with Crippen molar-refractivity contribution in [3.05, 3.63) is 0 Å². The Balaban J connectivity index is 2.37. The first kappa shape index (κ1) is 14.8. The van der Waals surface area contributed by atoms with E-state index in [0.717, 1.165) is 25.7 Å². The number of hydrogen-bond donors (Lipinski definition) is 4. The maximum absolute atomic E-state index is 11.6. The molecule has 1 fully saturated rings. The maximum atomic E-state index is 11.6. The summed E-state index contributed by atoms with van der Waals surface area (Å²) in [5, 5.41) is 22.5. The van der Waals surface area contributed by atoms with Gasteiger partial charge in [0.05, 0.1) is 6.61 Å². The lowest BCUT2D eigenvalue weighted by Crippen LogP contribution is -2.50. The molecule has 0 aromatic carbocycles. The predicted molar refractivity (Wildman–Crippen MR) is 66.2 cm³/mol. The van der Waals surface area contributed by atoms with Gasteiger partial charge in [-0.05, 0) is 25.2 Å². The number of carbonyl (C=O) groups excluding carboxylic acids is 1. The Morgan fingerprint density at radius 3 is 2.61 bits per heavy atom. The van der Waals surface area contributed by atoms with E-state index >= 15 is 0 Å². The zero-order chi connectivity index (χ0) is 13.5. The Morgan fingerprint density at radius 1 is 1.28 bits per heavy atom. The summed E-state index contributed by atoms with van der Waals surface area (Å²) >= 11 is 0. The number of aliphatic hydroxyl groups excluding tert-OH is 1. The Labute approximate surface area is 107 Å².